The van der Waals surface area contributed by atoms with E-state index in [1.165, 1.54) is 5.01 Å². The van der Waals surface area contributed by atoms with Crippen molar-refractivity contribution in [3.63, 3.8) is 0 Å². The molecule has 4 rings (SSSR count). The second kappa shape index (κ2) is 13.0. The quantitative estimate of drug-likeness (QED) is 0.321. The van der Waals surface area contributed by atoms with E-state index in [1.807, 2.05) is 78.9 Å². The van der Waals surface area contributed by atoms with Crippen molar-refractivity contribution in [1.82, 2.24) is 5.01 Å². The van der Waals surface area contributed by atoms with Crippen molar-refractivity contribution in [2.45, 2.75) is 58.4 Å². The summed E-state index contributed by atoms with van der Waals surface area (Å²) in [6.07, 6.45) is 2.34. The highest BCUT2D eigenvalue weighted by Crippen LogP contribution is 2.29. The van der Waals surface area contributed by atoms with E-state index >= 15 is 0 Å². The van der Waals surface area contributed by atoms with Gasteiger partial charge in [-0.2, -0.15) is 5.10 Å². The molecule has 1 heterocycles. The number of hydrazone groups is 1. The zero-order chi connectivity index (χ0) is 27.8. The number of carboxylic acids is 1. The summed E-state index contributed by atoms with van der Waals surface area (Å²) in [4.78, 5) is 36.9. The van der Waals surface area contributed by atoms with Crippen molar-refractivity contribution >= 4 is 29.2 Å². The second-order valence-electron chi connectivity index (χ2n) is 10.1. The summed E-state index contributed by atoms with van der Waals surface area (Å²) in [6.45, 7) is 4.50. The number of aliphatic carboxylic acids is 1. The van der Waals surface area contributed by atoms with Crippen LogP contribution in [0.2, 0.25) is 0 Å². The van der Waals surface area contributed by atoms with E-state index in [1.54, 1.807) is 0 Å². The fourth-order valence-corrected chi connectivity index (χ4v) is 4.82. The third-order valence-electron chi connectivity index (χ3n) is 7.20. The molecule has 3 aromatic carbocycles. The van der Waals surface area contributed by atoms with Gasteiger partial charge in [-0.25, -0.2) is 5.01 Å². The Bertz CT molecular complexity index is 1340. The predicted octanol–water partition coefficient (Wildman–Crippen LogP) is 6.00. The molecular weight excluding hydrogens is 490 g/mol. The Labute approximate surface area is 229 Å². The van der Waals surface area contributed by atoms with Gasteiger partial charge in [-0.05, 0) is 46.7 Å². The van der Waals surface area contributed by atoms with E-state index < -0.39 is 5.97 Å². The molecule has 0 bridgehead atoms. The Morgan fingerprint density at radius 1 is 0.974 bits per heavy atom. The van der Waals surface area contributed by atoms with Gasteiger partial charge in [-0.15, -0.1) is 0 Å². The van der Waals surface area contributed by atoms with Crippen LogP contribution in [0, 0.1) is 5.92 Å². The standard InChI is InChI=1S/C32H35N3O4/c1-3-22(2)31(32(39)33-27-11-7-8-23(20-27)14-19-30(37)38)26-15-12-24(13-16-26)21-35-29(36)18-17-28(34-35)25-9-5-4-6-10-25/h4-13,15-16,20,22,31H,3,14,17-19,21H2,1-2H3,(H,33,39)(H,37,38). The van der Waals surface area contributed by atoms with Gasteiger partial charge in [0.2, 0.25) is 11.8 Å². The van der Waals surface area contributed by atoms with Crippen LogP contribution in [0.5, 0.6) is 0 Å². The smallest absolute Gasteiger partial charge is 0.303 e. The molecule has 2 amide bonds. The van der Waals surface area contributed by atoms with E-state index in [-0.39, 0.29) is 30.1 Å². The maximum Gasteiger partial charge on any atom is 0.303 e. The van der Waals surface area contributed by atoms with Crippen LogP contribution in [0.25, 0.3) is 0 Å². The fourth-order valence-electron chi connectivity index (χ4n) is 4.82. The predicted molar refractivity (Wildman–Crippen MR) is 152 cm³/mol. The van der Waals surface area contributed by atoms with Gasteiger partial charge in [0, 0.05) is 24.9 Å². The third kappa shape index (κ3) is 7.41. The van der Waals surface area contributed by atoms with Crippen LogP contribution in [0.3, 0.4) is 0 Å². The van der Waals surface area contributed by atoms with Gasteiger partial charge < -0.3 is 10.4 Å². The Morgan fingerprint density at radius 2 is 1.72 bits per heavy atom. The number of hydrogen-bond acceptors (Lipinski definition) is 4. The number of nitrogens with one attached hydrogen (secondary N) is 1. The summed E-state index contributed by atoms with van der Waals surface area (Å²) < 4.78 is 0. The van der Waals surface area contributed by atoms with Crippen molar-refractivity contribution < 1.29 is 19.5 Å². The first kappa shape index (κ1) is 27.8. The molecule has 39 heavy (non-hydrogen) atoms. The molecule has 7 heteroatoms. The molecule has 0 saturated heterocycles. The molecule has 0 spiro atoms. The first-order chi connectivity index (χ1) is 18.8. The monoisotopic (exact) mass is 525 g/mol. The number of benzene rings is 3. The third-order valence-corrected chi connectivity index (χ3v) is 7.20. The minimum atomic E-state index is -0.849. The highest BCUT2D eigenvalue weighted by Gasteiger charge is 2.27. The van der Waals surface area contributed by atoms with E-state index in [0.29, 0.717) is 31.5 Å². The molecule has 2 unspecified atom stereocenters. The molecule has 1 aliphatic heterocycles. The van der Waals surface area contributed by atoms with Crippen molar-refractivity contribution in [3.8, 4) is 0 Å². The van der Waals surface area contributed by atoms with Gasteiger partial charge in [0.15, 0.2) is 0 Å². The van der Waals surface area contributed by atoms with Crippen molar-refractivity contribution in [3.05, 3.63) is 101 Å². The summed E-state index contributed by atoms with van der Waals surface area (Å²) in [7, 11) is 0. The summed E-state index contributed by atoms with van der Waals surface area (Å²) in [5.41, 5.74) is 5.31. The lowest BCUT2D eigenvalue weighted by Gasteiger charge is -2.25. The van der Waals surface area contributed by atoms with Gasteiger partial charge in [-0.3, -0.25) is 14.4 Å². The van der Waals surface area contributed by atoms with Crippen LogP contribution in [-0.4, -0.2) is 33.6 Å². The second-order valence-corrected chi connectivity index (χ2v) is 10.1. The number of carbonyl (C=O) groups is 3. The minimum Gasteiger partial charge on any atom is -0.481 e. The topological polar surface area (TPSA) is 99.1 Å². The number of carboxylic acid groups (broad SMARTS) is 1. The Balaban J connectivity index is 1.47. The highest BCUT2D eigenvalue weighted by molar-refractivity contribution is 6.04. The zero-order valence-corrected chi connectivity index (χ0v) is 22.5. The van der Waals surface area contributed by atoms with E-state index in [2.05, 4.69) is 24.3 Å². The van der Waals surface area contributed by atoms with Crippen LogP contribution in [0.15, 0.2) is 84.0 Å². The molecule has 0 aromatic heterocycles. The van der Waals surface area contributed by atoms with Gasteiger partial charge >= 0.3 is 5.97 Å². The maximum atomic E-state index is 13.4. The molecule has 2 atom stereocenters. The largest absolute Gasteiger partial charge is 0.481 e. The number of hydrogen-bond donors (Lipinski definition) is 2. The Kier molecular flexibility index (Phi) is 9.26. The van der Waals surface area contributed by atoms with Crippen LogP contribution < -0.4 is 5.32 Å². The number of rotatable bonds is 11. The molecule has 0 aliphatic carbocycles. The average Bonchev–Trinajstić information content (AvgIpc) is 2.94. The normalized spacial score (nSPS) is 14.9. The number of amides is 2. The van der Waals surface area contributed by atoms with Gasteiger partial charge in [-0.1, -0.05) is 87.0 Å². The maximum absolute atomic E-state index is 13.4. The Hall–Kier alpha value is -4.26. The fraction of sp³-hybridized carbons (Fsp3) is 0.312. The minimum absolute atomic E-state index is 0.00111. The summed E-state index contributed by atoms with van der Waals surface area (Å²) in [5, 5.41) is 18.2. The SMILES string of the molecule is CCC(C)C(C(=O)Nc1cccc(CCC(=O)O)c1)c1ccc(CN2N=C(c3ccccc3)CCC2=O)cc1. The molecule has 2 N–H and O–H groups in total. The van der Waals surface area contributed by atoms with Gasteiger partial charge in [0.05, 0.1) is 18.2 Å². The molecule has 7 nitrogen and oxygen atoms in total. The lowest BCUT2D eigenvalue weighted by Crippen LogP contribution is -2.31. The van der Waals surface area contributed by atoms with Crippen LogP contribution >= 0.6 is 0 Å². The molecule has 3 aromatic rings. The molecule has 0 fully saturated rings. The van der Waals surface area contributed by atoms with Crippen LogP contribution in [0.1, 0.15) is 67.7 Å². The average molecular weight is 526 g/mol. The number of nitrogens with zero attached hydrogens (tertiary/aromatic N) is 2. The van der Waals surface area contributed by atoms with Crippen molar-refractivity contribution in [2.75, 3.05) is 5.32 Å². The van der Waals surface area contributed by atoms with E-state index in [0.717, 1.165) is 34.4 Å². The zero-order valence-electron chi connectivity index (χ0n) is 22.5. The van der Waals surface area contributed by atoms with Crippen molar-refractivity contribution in [1.29, 1.82) is 0 Å². The van der Waals surface area contributed by atoms with Crippen molar-refractivity contribution in [2.24, 2.45) is 11.0 Å². The lowest BCUT2D eigenvalue weighted by molar-refractivity contribution is -0.137. The molecular formula is C32H35N3O4. The molecule has 202 valence electrons. The molecule has 0 radical (unpaired) electrons. The first-order valence-corrected chi connectivity index (χ1v) is 13.5. The number of anilines is 1. The van der Waals surface area contributed by atoms with Crippen LogP contribution in [0.4, 0.5) is 5.69 Å². The van der Waals surface area contributed by atoms with E-state index in [9.17, 15) is 14.4 Å². The van der Waals surface area contributed by atoms with E-state index in [4.69, 9.17) is 5.11 Å². The molecule has 0 saturated carbocycles. The summed E-state index contributed by atoms with van der Waals surface area (Å²) in [6, 6.07) is 25.1. The summed E-state index contributed by atoms with van der Waals surface area (Å²) >= 11 is 0. The van der Waals surface area contributed by atoms with Crippen LogP contribution in [-0.2, 0) is 27.3 Å². The molecule has 1 aliphatic rings. The van der Waals surface area contributed by atoms with Gasteiger partial charge in [0.1, 0.15) is 0 Å². The highest BCUT2D eigenvalue weighted by atomic mass is 16.4. The summed E-state index contributed by atoms with van der Waals surface area (Å²) in [5.74, 6) is -1.20. The van der Waals surface area contributed by atoms with Gasteiger partial charge in [0.25, 0.3) is 0 Å². The Morgan fingerprint density at radius 3 is 2.41 bits per heavy atom. The number of carbonyl (C=O) groups excluding carboxylic acids is 2. The number of aryl methyl sites for hydroxylation is 1. The lowest BCUT2D eigenvalue weighted by atomic mass is 9.84. The first-order valence-electron chi connectivity index (χ1n) is 13.5.